The zero-order chi connectivity index (χ0) is 11.9. The molecule has 0 atom stereocenters. The van der Waals surface area contributed by atoms with Gasteiger partial charge in [0.05, 0.1) is 11.1 Å². The van der Waals surface area contributed by atoms with Crippen LogP contribution in [0.1, 0.15) is 10.4 Å². The SMILES string of the molecule is O=C(c1cn(Cl)c2ccccc12)C(F)(F)F. The fraction of sp³-hybridized carbons (Fsp3) is 0.100. The van der Waals surface area contributed by atoms with E-state index in [0.717, 1.165) is 10.3 Å². The molecule has 1 heterocycles. The highest BCUT2D eigenvalue weighted by atomic mass is 35.5. The van der Waals surface area contributed by atoms with Crippen LogP contribution in [0.2, 0.25) is 0 Å². The van der Waals surface area contributed by atoms with Crippen molar-refractivity contribution in [1.29, 1.82) is 0 Å². The number of ketones is 1. The molecule has 16 heavy (non-hydrogen) atoms. The van der Waals surface area contributed by atoms with E-state index in [1.54, 1.807) is 12.1 Å². The van der Waals surface area contributed by atoms with E-state index in [4.69, 9.17) is 11.8 Å². The Morgan fingerprint density at radius 3 is 2.50 bits per heavy atom. The molecule has 2 aromatic rings. The molecule has 6 heteroatoms. The van der Waals surface area contributed by atoms with E-state index in [-0.39, 0.29) is 5.39 Å². The van der Waals surface area contributed by atoms with Crippen LogP contribution in [0, 0.1) is 0 Å². The first-order chi connectivity index (χ1) is 7.41. The van der Waals surface area contributed by atoms with Crippen molar-refractivity contribution in [3.63, 3.8) is 0 Å². The Hall–Kier alpha value is -1.49. The van der Waals surface area contributed by atoms with E-state index in [9.17, 15) is 18.0 Å². The second-order valence-corrected chi connectivity index (χ2v) is 3.56. The van der Waals surface area contributed by atoms with Crippen LogP contribution in [0.4, 0.5) is 13.2 Å². The molecular weight excluding hydrogens is 243 g/mol. The fourth-order valence-electron chi connectivity index (χ4n) is 1.47. The van der Waals surface area contributed by atoms with Gasteiger partial charge in [0, 0.05) is 23.4 Å². The maximum absolute atomic E-state index is 12.3. The van der Waals surface area contributed by atoms with Crippen LogP contribution in [0.3, 0.4) is 0 Å². The highest BCUT2D eigenvalue weighted by molar-refractivity contribution is 6.22. The van der Waals surface area contributed by atoms with Gasteiger partial charge in [-0.05, 0) is 6.07 Å². The minimum absolute atomic E-state index is 0.194. The normalized spacial score (nSPS) is 12.0. The number of halogens is 4. The molecule has 0 saturated heterocycles. The maximum atomic E-state index is 12.3. The Labute approximate surface area is 93.3 Å². The van der Waals surface area contributed by atoms with Gasteiger partial charge in [-0.3, -0.25) is 8.88 Å². The molecule has 0 unspecified atom stereocenters. The molecule has 0 bridgehead atoms. The van der Waals surface area contributed by atoms with Crippen LogP contribution in [-0.2, 0) is 0 Å². The first kappa shape index (κ1) is 11.0. The largest absolute Gasteiger partial charge is 0.454 e. The third-order valence-corrected chi connectivity index (χ3v) is 2.45. The lowest BCUT2D eigenvalue weighted by Gasteiger charge is -2.02. The molecule has 84 valence electrons. The van der Waals surface area contributed by atoms with E-state index in [2.05, 4.69) is 0 Å². The van der Waals surface area contributed by atoms with Crippen LogP contribution in [0.25, 0.3) is 10.9 Å². The number of hydrogen-bond acceptors (Lipinski definition) is 1. The zero-order valence-electron chi connectivity index (χ0n) is 7.75. The van der Waals surface area contributed by atoms with Crippen LogP contribution >= 0.6 is 11.8 Å². The van der Waals surface area contributed by atoms with Crippen molar-refractivity contribution >= 4 is 28.5 Å². The Morgan fingerprint density at radius 2 is 1.88 bits per heavy atom. The standard InChI is InChI=1S/C10H5ClF3NO/c11-15-5-7(9(16)10(12,13)14)6-3-1-2-4-8(6)15/h1-5H. The van der Waals surface area contributed by atoms with Crippen molar-refractivity contribution in [2.24, 2.45) is 0 Å². The number of fused-ring (bicyclic) bond motifs is 1. The summed E-state index contributed by atoms with van der Waals surface area (Å²) in [5, 5.41) is 0.194. The van der Waals surface area contributed by atoms with Gasteiger partial charge in [0.2, 0.25) is 0 Å². The molecule has 0 aliphatic rings. The van der Waals surface area contributed by atoms with Crippen LogP contribution in [0.5, 0.6) is 0 Å². The van der Waals surface area contributed by atoms with Crippen LogP contribution < -0.4 is 0 Å². The summed E-state index contributed by atoms with van der Waals surface area (Å²) >= 11 is 5.67. The van der Waals surface area contributed by atoms with Gasteiger partial charge >= 0.3 is 6.18 Å². The summed E-state index contributed by atoms with van der Waals surface area (Å²) in [5.41, 5.74) is -0.0603. The topological polar surface area (TPSA) is 22.0 Å². The molecule has 0 fully saturated rings. The average Bonchev–Trinajstić information content (AvgIpc) is 2.55. The quantitative estimate of drug-likeness (QED) is 0.708. The number of para-hydroxylation sites is 1. The molecule has 1 aromatic heterocycles. The molecule has 0 N–H and O–H groups in total. The summed E-state index contributed by atoms with van der Waals surface area (Å²) in [6.07, 6.45) is -3.91. The van der Waals surface area contributed by atoms with Crippen molar-refractivity contribution in [1.82, 2.24) is 4.09 Å². The number of Topliss-reactive ketones (excluding diaryl/α,β-unsaturated/α-hetero) is 1. The number of nitrogens with zero attached hydrogens (tertiary/aromatic N) is 1. The van der Waals surface area contributed by atoms with Gasteiger partial charge in [-0.2, -0.15) is 13.2 Å². The molecule has 0 aliphatic carbocycles. The van der Waals surface area contributed by atoms with Gasteiger partial charge in [-0.15, -0.1) is 0 Å². The number of rotatable bonds is 1. The van der Waals surface area contributed by atoms with Gasteiger partial charge in [-0.1, -0.05) is 18.2 Å². The van der Waals surface area contributed by atoms with Crippen molar-refractivity contribution < 1.29 is 18.0 Å². The molecule has 0 spiro atoms. The highest BCUT2D eigenvalue weighted by Crippen LogP contribution is 2.28. The molecule has 0 radical (unpaired) electrons. The van der Waals surface area contributed by atoms with Crippen LogP contribution in [-0.4, -0.2) is 16.0 Å². The Balaban J connectivity index is 2.67. The van der Waals surface area contributed by atoms with E-state index >= 15 is 0 Å². The van der Waals surface area contributed by atoms with Gasteiger partial charge in [0.25, 0.3) is 5.78 Å². The second kappa shape index (κ2) is 3.52. The number of aromatic nitrogens is 1. The summed E-state index contributed by atoms with van der Waals surface area (Å²) < 4.78 is 37.8. The molecule has 2 rings (SSSR count). The lowest BCUT2D eigenvalue weighted by atomic mass is 10.1. The maximum Gasteiger partial charge on any atom is 0.454 e. The predicted octanol–water partition coefficient (Wildman–Crippen LogP) is 3.39. The first-order valence-corrected chi connectivity index (χ1v) is 4.63. The Morgan fingerprint density at radius 1 is 1.25 bits per heavy atom. The third kappa shape index (κ3) is 1.67. The molecule has 0 saturated carbocycles. The number of alkyl halides is 3. The van der Waals surface area contributed by atoms with Crippen LogP contribution in [0.15, 0.2) is 30.5 Å². The monoisotopic (exact) mass is 247 g/mol. The van der Waals surface area contributed by atoms with Crippen molar-refractivity contribution in [2.45, 2.75) is 6.18 Å². The van der Waals surface area contributed by atoms with E-state index < -0.39 is 17.5 Å². The lowest BCUT2D eigenvalue weighted by molar-refractivity contribution is -0.0884. The third-order valence-electron chi connectivity index (χ3n) is 2.17. The molecular formula is C10H5ClF3NO. The summed E-state index contributed by atoms with van der Waals surface area (Å²) in [4.78, 5) is 11.1. The fourth-order valence-corrected chi connectivity index (χ4v) is 1.72. The molecule has 2 nitrogen and oxygen atoms in total. The zero-order valence-corrected chi connectivity index (χ0v) is 8.51. The van der Waals surface area contributed by atoms with Gasteiger partial charge in [-0.25, -0.2) is 0 Å². The first-order valence-electron chi connectivity index (χ1n) is 4.29. The summed E-state index contributed by atoms with van der Waals surface area (Å²) in [5.74, 6) is -1.89. The smallest absolute Gasteiger partial charge is 0.284 e. The highest BCUT2D eigenvalue weighted by Gasteiger charge is 2.40. The van der Waals surface area contributed by atoms with E-state index in [0.29, 0.717) is 5.52 Å². The number of benzene rings is 1. The Bertz CT molecular complexity index is 559. The number of carbonyl (C=O) groups is 1. The minimum atomic E-state index is -4.89. The summed E-state index contributed by atoms with van der Waals surface area (Å²) in [6.45, 7) is 0. The van der Waals surface area contributed by atoms with Crippen molar-refractivity contribution in [2.75, 3.05) is 0 Å². The predicted molar refractivity (Wildman–Crippen MR) is 53.6 cm³/mol. The summed E-state index contributed by atoms with van der Waals surface area (Å²) in [7, 11) is 0. The van der Waals surface area contributed by atoms with Crippen molar-refractivity contribution in [3.05, 3.63) is 36.0 Å². The lowest BCUT2D eigenvalue weighted by Crippen LogP contribution is -2.22. The molecule has 0 amide bonds. The number of hydrogen-bond donors (Lipinski definition) is 0. The average molecular weight is 248 g/mol. The van der Waals surface area contributed by atoms with Gasteiger partial charge < -0.3 is 0 Å². The summed E-state index contributed by atoms with van der Waals surface area (Å²) in [6, 6.07) is 6.14. The van der Waals surface area contributed by atoms with Crippen molar-refractivity contribution in [3.8, 4) is 0 Å². The minimum Gasteiger partial charge on any atom is -0.284 e. The van der Waals surface area contributed by atoms with E-state index in [1.807, 2.05) is 0 Å². The molecule has 0 aliphatic heterocycles. The van der Waals surface area contributed by atoms with Gasteiger partial charge in [0.1, 0.15) is 0 Å². The van der Waals surface area contributed by atoms with E-state index in [1.165, 1.54) is 12.1 Å². The number of carbonyl (C=O) groups excluding carboxylic acids is 1. The molecule has 1 aromatic carbocycles. The Kier molecular flexibility index (Phi) is 2.42. The second-order valence-electron chi connectivity index (χ2n) is 3.20. The van der Waals surface area contributed by atoms with Gasteiger partial charge in [0.15, 0.2) is 0 Å².